The van der Waals surface area contributed by atoms with Crippen LogP contribution in [0.5, 0.6) is 0 Å². The Bertz CT molecular complexity index is 1780. The van der Waals surface area contributed by atoms with E-state index >= 15 is 0 Å². The number of hydrogen-bond donors (Lipinski definition) is 0. The first kappa shape index (κ1) is 77.6. The van der Waals surface area contributed by atoms with E-state index in [4.69, 9.17) is 0 Å². The Balaban J connectivity index is 0.00000147. The van der Waals surface area contributed by atoms with Gasteiger partial charge in [0.1, 0.15) is 18.6 Å². The van der Waals surface area contributed by atoms with E-state index in [1.807, 2.05) is 0 Å². The zero-order valence-electron chi connectivity index (χ0n) is 52.8. The molecule has 0 amide bonds. The van der Waals surface area contributed by atoms with Crippen LogP contribution in [-0.2, 0) is 6.18 Å². The van der Waals surface area contributed by atoms with Gasteiger partial charge in [0.25, 0.3) is 0 Å². The minimum atomic E-state index is -5.83. The summed E-state index contributed by atoms with van der Waals surface area (Å²) in [5.74, 6) is -12.6. The van der Waals surface area contributed by atoms with Crippen LogP contribution in [0.1, 0.15) is 256 Å². The van der Waals surface area contributed by atoms with Crippen LogP contribution in [0.4, 0.5) is 48.3 Å². The standard InChI is InChI=1S/C14H3F11.4C11H23.C8H19P.Al/c1-2-3(4-7(16)11(20)13(22)12(21)8(4)17)5(14(23,24)25)9(18)10(19)6(2)15;4*1-5-7-11(6-2)9-8-10(3)4;1-4-6-8(3)7-9-5-2;/h1H3;4*10-11H,3,5-9H2,1-2,4H3;8-9H,4-7H2,1-3H3;/q;;;;;;-1/p+1. The van der Waals surface area contributed by atoms with Gasteiger partial charge in [0, 0.05) is 5.56 Å². The Kier molecular flexibility index (Phi) is 40.9. The third kappa shape index (κ3) is 27.9. The number of alkyl halides is 3. The molecule has 2 aromatic rings. The molecule has 10 unspecified atom stereocenters. The molecule has 0 aliphatic rings. The van der Waals surface area contributed by atoms with Gasteiger partial charge < -0.3 is 0 Å². The third-order valence-corrected chi connectivity index (χ3v) is 26.9. The van der Waals surface area contributed by atoms with Crippen molar-refractivity contribution in [3.05, 3.63) is 57.7 Å². The van der Waals surface area contributed by atoms with E-state index in [0.29, 0.717) is 6.92 Å². The quantitative estimate of drug-likeness (QED) is 0.0207. The molecule has 0 saturated heterocycles. The Morgan fingerprint density at radius 2 is 0.646 bits per heavy atom. The summed E-state index contributed by atoms with van der Waals surface area (Å²) in [4.78, 5) is 0. The number of benzene rings is 2. The minimum absolute atomic E-state index is 0.362. The van der Waals surface area contributed by atoms with E-state index < -0.39 is 88.0 Å². The van der Waals surface area contributed by atoms with Crippen molar-refractivity contribution >= 4 is 21.7 Å². The predicted molar refractivity (Wildman–Crippen MR) is 324 cm³/mol. The van der Waals surface area contributed by atoms with Crippen LogP contribution in [0.15, 0.2) is 0 Å². The van der Waals surface area contributed by atoms with Crippen LogP contribution in [-0.4, -0.2) is 25.4 Å². The molecule has 10 atom stereocenters. The molecule has 13 heteroatoms. The van der Waals surface area contributed by atoms with Crippen LogP contribution >= 0.6 is 8.58 Å². The lowest BCUT2D eigenvalue weighted by Crippen LogP contribution is -2.41. The molecule has 79 heavy (non-hydrogen) atoms. The lowest BCUT2D eigenvalue weighted by molar-refractivity contribution is -0.139. The van der Waals surface area contributed by atoms with Gasteiger partial charge >= 0.3 is 6.18 Å². The summed E-state index contributed by atoms with van der Waals surface area (Å²) in [5.41, 5.74) is -8.45. The highest BCUT2D eigenvalue weighted by molar-refractivity contribution is 7.37. The monoisotopic (exact) mass is 1170 g/mol. The van der Waals surface area contributed by atoms with E-state index in [1.165, 1.54) is 154 Å². The molecule has 0 nitrogen and oxygen atoms in total. The first-order valence-electron chi connectivity index (χ1n) is 32.0. The molecule has 0 aliphatic carbocycles. The van der Waals surface area contributed by atoms with E-state index in [9.17, 15) is 48.3 Å². The molecule has 0 radical (unpaired) electrons. The molecule has 0 N–H and O–H groups in total. The second-order valence-corrected chi connectivity index (χ2v) is 32.5. The van der Waals surface area contributed by atoms with Crippen LogP contribution in [0, 0.1) is 107 Å². The van der Waals surface area contributed by atoms with Crippen molar-refractivity contribution in [2.24, 2.45) is 53.3 Å². The van der Waals surface area contributed by atoms with Gasteiger partial charge in [0.05, 0.1) is 17.9 Å². The smallest absolute Gasteiger partial charge is 0.203 e. The number of halogens is 11. The Labute approximate surface area is 481 Å². The van der Waals surface area contributed by atoms with Crippen molar-refractivity contribution in [1.29, 1.82) is 0 Å². The van der Waals surface area contributed by atoms with Crippen molar-refractivity contribution in [3.8, 4) is 11.1 Å². The maximum Gasteiger partial charge on any atom is 0.419 e. The fourth-order valence-corrected chi connectivity index (χ4v) is 23.7. The molecule has 0 bridgehead atoms. The van der Waals surface area contributed by atoms with Crippen molar-refractivity contribution < 1.29 is 48.3 Å². The van der Waals surface area contributed by atoms with E-state index in [2.05, 4.69) is 104 Å². The summed E-state index contributed by atoms with van der Waals surface area (Å²) in [6.45, 7) is 37.5. The van der Waals surface area contributed by atoms with E-state index in [0.717, 1.165) is 61.8 Å². The molecule has 0 aliphatic heterocycles. The summed E-state index contributed by atoms with van der Waals surface area (Å²) in [6, 6.07) is 0. The molecular weight excluding hydrogens is 1060 g/mol. The minimum Gasteiger partial charge on any atom is -0.203 e. The van der Waals surface area contributed by atoms with Crippen molar-refractivity contribution in [2.75, 3.05) is 12.3 Å². The molecular formula is C66H115AlF11P. The molecule has 2 aromatic carbocycles. The van der Waals surface area contributed by atoms with Gasteiger partial charge in [-0.25, -0.2) is 35.1 Å². The topological polar surface area (TPSA) is 0 Å². The largest absolute Gasteiger partial charge is 0.419 e. The predicted octanol–water partition coefficient (Wildman–Crippen LogP) is 25.1. The second-order valence-electron chi connectivity index (χ2n) is 25.2. The van der Waals surface area contributed by atoms with Gasteiger partial charge in [-0.05, 0) is 64.0 Å². The third-order valence-electron chi connectivity index (χ3n) is 17.9. The van der Waals surface area contributed by atoms with Crippen molar-refractivity contribution in [2.45, 2.75) is 279 Å². The Morgan fingerprint density at radius 3 is 0.911 bits per heavy atom. The SMILES string of the molecule is CCCC(C)C[PH2+]CC.CCCC(CC)CCC(C)[CH2][Al-]([CH2]C(C)CCC(CC)CCC)([CH2]C(C)CCC(CC)CCC)[CH2]C(C)CCC(CC)CCC.Cc1c(F)c(F)c(F)c(C(F)(F)F)c1-c1c(F)c(F)c(F)c(F)c1F. The fourth-order valence-electron chi connectivity index (χ4n) is 13.6. The fraction of sp³-hybridized carbons (Fsp3) is 0.818. The van der Waals surface area contributed by atoms with E-state index in [-0.39, 0.29) is 0 Å². The maximum atomic E-state index is 13.8. The van der Waals surface area contributed by atoms with Gasteiger partial charge in [-0.2, -0.15) is 34.3 Å². The van der Waals surface area contributed by atoms with Gasteiger partial charge in [-0.1, -0.05) is 255 Å². The zero-order chi connectivity index (χ0) is 60.6. The summed E-state index contributed by atoms with van der Waals surface area (Å²) in [5, 5.41) is 6.61. The average molecular weight is 1180 g/mol. The highest BCUT2D eigenvalue weighted by Crippen LogP contribution is 2.46. The van der Waals surface area contributed by atoms with Crippen molar-refractivity contribution in [1.82, 2.24) is 0 Å². The Hall–Kier alpha value is -1.37. The summed E-state index contributed by atoms with van der Waals surface area (Å²) < 4.78 is 146. The van der Waals surface area contributed by atoms with E-state index in [1.54, 1.807) is 21.1 Å². The number of hydrogen-bond acceptors (Lipinski definition) is 0. The molecule has 2 rings (SSSR count). The second kappa shape index (κ2) is 41.6. The van der Waals surface area contributed by atoms with Gasteiger partial charge in [-0.3, -0.25) is 0 Å². The van der Waals surface area contributed by atoms with Gasteiger partial charge in [0.15, 0.2) is 40.7 Å². The molecule has 464 valence electrons. The first-order chi connectivity index (χ1) is 37.2. The molecule has 0 aromatic heterocycles. The van der Waals surface area contributed by atoms with Crippen LogP contribution < -0.4 is 0 Å². The average Bonchev–Trinajstić information content (AvgIpc) is 3.40. The van der Waals surface area contributed by atoms with Crippen LogP contribution in [0.2, 0.25) is 21.1 Å². The van der Waals surface area contributed by atoms with Gasteiger partial charge in [-0.15, -0.1) is 0 Å². The highest BCUT2D eigenvalue weighted by Gasteiger charge is 2.44. The molecule has 0 fully saturated rings. The van der Waals surface area contributed by atoms with Crippen LogP contribution in [0.3, 0.4) is 0 Å². The van der Waals surface area contributed by atoms with Gasteiger partial charge in [0.2, 0.25) is 5.82 Å². The highest BCUT2D eigenvalue weighted by atomic mass is 31.1. The molecule has 0 spiro atoms. The number of rotatable bonds is 38. The summed E-state index contributed by atoms with van der Waals surface area (Å²) >= 11 is -1.85. The van der Waals surface area contributed by atoms with Crippen molar-refractivity contribution in [3.63, 3.8) is 0 Å². The van der Waals surface area contributed by atoms with Crippen LogP contribution in [0.25, 0.3) is 11.1 Å². The Morgan fingerprint density at radius 1 is 0.354 bits per heavy atom. The summed E-state index contributed by atoms with van der Waals surface area (Å²) in [7, 11) is 0.779. The summed E-state index contributed by atoms with van der Waals surface area (Å²) in [6.07, 6.45) is 28.7. The molecule has 0 saturated carbocycles. The maximum absolute atomic E-state index is 13.8. The normalized spacial score (nSPS) is 16.3. The zero-order valence-corrected chi connectivity index (χ0v) is 55.1. The first-order valence-corrected chi connectivity index (χ1v) is 36.9. The lowest BCUT2D eigenvalue weighted by Gasteiger charge is -2.45. The lowest BCUT2D eigenvalue weighted by atomic mass is 9.92. The molecule has 0 heterocycles.